The molecule has 128 valence electrons. The van der Waals surface area contributed by atoms with Gasteiger partial charge in [0.1, 0.15) is 11.4 Å². The van der Waals surface area contributed by atoms with Gasteiger partial charge in [-0.2, -0.15) is 0 Å². The topological polar surface area (TPSA) is 98.9 Å². The quantitative estimate of drug-likeness (QED) is 0.319. The lowest BCUT2D eigenvalue weighted by atomic mass is 10.0. The SMILES string of the molecule is CCNC(=NCC(C)(O)c1ccco1)NCCNC(=O)C1CC1. The van der Waals surface area contributed by atoms with Crippen LogP contribution in [0.3, 0.4) is 0 Å². The Morgan fingerprint density at radius 1 is 1.39 bits per heavy atom. The molecule has 7 nitrogen and oxygen atoms in total. The van der Waals surface area contributed by atoms with Gasteiger partial charge in [-0.1, -0.05) is 0 Å². The molecule has 1 amide bonds. The van der Waals surface area contributed by atoms with Crippen LogP contribution in [0, 0.1) is 5.92 Å². The van der Waals surface area contributed by atoms with Crippen LogP contribution in [0.1, 0.15) is 32.4 Å². The Morgan fingerprint density at radius 3 is 2.74 bits per heavy atom. The maximum atomic E-state index is 11.5. The average molecular weight is 322 g/mol. The second-order valence-corrected chi connectivity index (χ2v) is 5.94. The number of amides is 1. The molecule has 1 unspecified atom stereocenters. The number of carbonyl (C=O) groups excluding carboxylic acids is 1. The van der Waals surface area contributed by atoms with E-state index in [0.717, 1.165) is 12.8 Å². The fraction of sp³-hybridized carbons (Fsp3) is 0.625. The molecular formula is C16H26N4O3. The Bertz CT molecular complexity index is 521. The summed E-state index contributed by atoms with van der Waals surface area (Å²) in [6, 6.07) is 3.46. The summed E-state index contributed by atoms with van der Waals surface area (Å²) in [6.45, 7) is 5.64. The van der Waals surface area contributed by atoms with Gasteiger partial charge in [0.2, 0.25) is 5.91 Å². The number of hydrogen-bond donors (Lipinski definition) is 4. The molecule has 0 spiro atoms. The maximum absolute atomic E-state index is 11.5. The molecule has 0 radical (unpaired) electrons. The zero-order chi connectivity index (χ0) is 16.7. The molecular weight excluding hydrogens is 296 g/mol. The average Bonchev–Trinajstić information content (AvgIpc) is 3.22. The second kappa shape index (κ2) is 8.01. The van der Waals surface area contributed by atoms with Gasteiger partial charge in [0.05, 0.1) is 12.8 Å². The Hall–Kier alpha value is -2.02. The van der Waals surface area contributed by atoms with Gasteiger partial charge < -0.3 is 25.5 Å². The first-order valence-corrected chi connectivity index (χ1v) is 8.09. The minimum atomic E-state index is -1.16. The molecule has 1 saturated carbocycles. The van der Waals surface area contributed by atoms with Crippen molar-refractivity contribution in [3.05, 3.63) is 24.2 Å². The number of nitrogens with one attached hydrogen (secondary N) is 3. The number of guanidine groups is 1. The fourth-order valence-electron chi connectivity index (χ4n) is 2.09. The van der Waals surface area contributed by atoms with Crippen molar-refractivity contribution in [1.82, 2.24) is 16.0 Å². The van der Waals surface area contributed by atoms with Crippen molar-refractivity contribution in [2.45, 2.75) is 32.3 Å². The highest BCUT2D eigenvalue weighted by Crippen LogP contribution is 2.28. The zero-order valence-electron chi connectivity index (χ0n) is 13.8. The van der Waals surface area contributed by atoms with E-state index in [1.54, 1.807) is 19.1 Å². The molecule has 1 aromatic heterocycles. The summed E-state index contributed by atoms with van der Waals surface area (Å²) in [7, 11) is 0. The van der Waals surface area contributed by atoms with Crippen molar-refractivity contribution in [3.8, 4) is 0 Å². The molecule has 1 heterocycles. The van der Waals surface area contributed by atoms with Crippen LogP contribution in [0.5, 0.6) is 0 Å². The van der Waals surface area contributed by atoms with Crippen molar-refractivity contribution >= 4 is 11.9 Å². The van der Waals surface area contributed by atoms with Crippen LogP contribution in [0.2, 0.25) is 0 Å². The smallest absolute Gasteiger partial charge is 0.223 e. The third-order valence-corrected chi connectivity index (χ3v) is 3.61. The minimum absolute atomic E-state index is 0.134. The lowest BCUT2D eigenvalue weighted by Crippen LogP contribution is -2.42. The summed E-state index contributed by atoms with van der Waals surface area (Å²) in [5.74, 6) is 1.43. The van der Waals surface area contributed by atoms with Gasteiger partial charge in [-0.25, -0.2) is 4.99 Å². The van der Waals surface area contributed by atoms with Crippen LogP contribution in [0.25, 0.3) is 0 Å². The van der Waals surface area contributed by atoms with Gasteiger partial charge in [-0.15, -0.1) is 0 Å². The molecule has 0 saturated heterocycles. The molecule has 1 aliphatic carbocycles. The van der Waals surface area contributed by atoms with Crippen molar-refractivity contribution in [1.29, 1.82) is 0 Å². The van der Waals surface area contributed by atoms with E-state index in [2.05, 4.69) is 20.9 Å². The van der Waals surface area contributed by atoms with Crippen molar-refractivity contribution < 1.29 is 14.3 Å². The van der Waals surface area contributed by atoms with Crippen LogP contribution >= 0.6 is 0 Å². The number of carbonyl (C=O) groups is 1. The highest BCUT2D eigenvalue weighted by Gasteiger charge is 2.29. The fourth-order valence-corrected chi connectivity index (χ4v) is 2.09. The lowest BCUT2D eigenvalue weighted by Gasteiger charge is -2.19. The number of furan rings is 1. The number of hydrogen-bond acceptors (Lipinski definition) is 4. The summed E-state index contributed by atoms with van der Waals surface area (Å²) in [4.78, 5) is 15.9. The van der Waals surface area contributed by atoms with E-state index in [1.807, 2.05) is 6.92 Å². The van der Waals surface area contributed by atoms with E-state index in [9.17, 15) is 9.90 Å². The molecule has 0 bridgehead atoms. The molecule has 23 heavy (non-hydrogen) atoms. The lowest BCUT2D eigenvalue weighted by molar-refractivity contribution is -0.122. The summed E-state index contributed by atoms with van der Waals surface area (Å²) >= 11 is 0. The molecule has 0 aliphatic heterocycles. The molecule has 7 heteroatoms. The van der Waals surface area contributed by atoms with E-state index in [-0.39, 0.29) is 18.4 Å². The molecule has 1 fully saturated rings. The number of rotatable bonds is 8. The highest BCUT2D eigenvalue weighted by molar-refractivity contribution is 5.81. The van der Waals surface area contributed by atoms with E-state index in [0.29, 0.717) is 31.4 Å². The predicted octanol–water partition coefficient (Wildman–Crippen LogP) is 0.568. The van der Waals surface area contributed by atoms with E-state index in [1.165, 1.54) is 6.26 Å². The first kappa shape index (κ1) is 17.3. The van der Waals surface area contributed by atoms with Crippen molar-refractivity contribution in [3.63, 3.8) is 0 Å². The molecule has 1 aromatic rings. The Morgan fingerprint density at radius 2 is 2.13 bits per heavy atom. The Balaban J connectivity index is 1.78. The van der Waals surface area contributed by atoms with Crippen LogP contribution in [0.4, 0.5) is 0 Å². The standard InChI is InChI=1S/C16H26N4O3/c1-3-17-15(19-9-8-18-14(21)12-6-7-12)20-11-16(2,22)13-5-4-10-23-13/h4-5,10,12,22H,3,6-9,11H2,1-2H3,(H,18,21)(H2,17,19,20). The van der Waals surface area contributed by atoms with E-state index >= 15 is 0 Å². The number of aliphatic imine (C=N–C) groups is 1. The minimum Gasteiger partial charge on any atom is -0.466 e. The van der Waals surface area contributed by atoms with Crippen molar-refractivity contribution in [2.24, 2.45) is 10.9 Å². The Labute approximate surface area is 136 Å². The van der Waals surface area contributed by atoms with Crippen LogP contribution in [0.15, 0.2) is 27.8 Å². The van der Waals surface area contributed by atoms with Crippen molar-refractivity contribution in [2.75, 3.05) is 26.2 Å². The summed E-state index contributed by atoms with van der Waals surface area (Å²) < 4.78 is 5.24. The first-order valence-electron chi connectivity index (χ1n) is 8.09. The van der Waals surface area contributed by atoms with Gasteiger partial charge in [0, 0.05) is 25.6 Å². The third kappa shape index (κ3) is 5.59. The van der Waals surface area contributed by atoms with Crippen LogP contribution in [-0.4, -0.2) is 43.2 Å². The number of nitrogens with zero attached hydrogens (tertiary/aromatic N) is 1. The van der Waals surface area contributed by atoms with E-state index < -0.39 is 5.60 Å². The van der Waals surface area contributed by atoms with Gasteiger partial charge in [-0.05, 0) is 38.8 Å². The van der Waals surface area contributed by atoms with Crippen LogP contribution in [-0.2, 0) is 10.4 Å². The predicted molar refractivity (Wildman–Crippen MR) is 88.0 cm³/mol. The highest BCUT2D eigenvalue weighted by atomic mass is 16.4. The van der Waals surface area contributed by atoms with Gasteiger partial charge in [-0.3, -0.25) is 4.79 Å². The Kier molecular flexibility index (Phi) is 6.04. The van der Waals surface area contributed by atoms with Gasteiger partial charge >= 0.3 is 0 Å². The molecule has 1 atom stereocenters. The summed E-state index contributed by atoms with van der Waals surface area (Å²) in [5.41, 5.74) is -1.16. The first-order chi connectivity index (χ1) is 11.0. The maximum Gasteiger partial charge on any atom is 0.223 e. The van der Waals surface area contributed by atoms with Gasteiger partial charge in [0.25, 0.3) is 0 Å². The van der Waals surface area contributed by atoms with Crippen LogP contribution < -0.4 is 16.0 Å². The largest absolute Gasteiger partial charge is 0.466 e. The molecule has 1 aliphatic rings. The summed E-state index contributed by atoms with van der Waals surface area (Å²) in [5, 5.41) is 19.5. The number of aliphatic hydroxyl groups is 1. The molecule has 4 N–H and O–H groups in total. The van der Waals surface area contributed by atoms with E-state index in [4.69, 9.17) is 4.42 Å². The normalized spacial score (nSPS) is 17.4. The molecule has 2 rings (SSSR count). The molecule has 0 aromatic carbocycles. The van der Waals surface area contributed by atoms with Gasteiger partial charge in [0.15, 0.2) is 5.96 Å². The zero-order valence-corrected chi connectivity index (χ0v) is 13.8. The third-order valence-electron chi connectivity index (χ3n) is 3.61. The summed E-state index contributed by atoms with van der Waals surface area (Å²) in [6.07, 6.45) is 3.54. The second-order valence-electron chi connectivity index (χ2n) is 5.94. The monoisotopic (exact) mass is 322 g/mol.